The second-order valence-electron chi connectivity index (χ2n) is 5.04. The fourth-order valence-electron chi connectivity index (χ4n) is 2.38. The van der Waals surface area contributed by atoms with E-state index >= 15 is 0 Å². The van der Waals surface area contributed by atoms with Crippen molar-refractivity contribution >= 4 is 21.6 Å². The second kappa shape index (κ2) is 6.53. The van der Waals surface area contributed by atoms with E-state index in [1.807, 2.05) is 0 Å². The summed E-state index contributed by atoms with van der Waals surface area (Å²) in [5, 5.41) is 2.57. The van der Waals surface area contributed by atoms with Crippen LogP contribution < -0.4 is 5.32 Å². The molecule has 0 spiro atoms. The van der Waals surface area contributed by atoms with Gasteiger partial charge < -0.3 is 5.32 Å². The molecule has 1 amide bonds. The highest BCUT2D eigenvalue weighted by Crippen LogP contribution is 2.22. The first-order chi connectivity index (χ1) is 9.94. The van der Waals surface area contributed by atoms with Crippen LogP contribution in [-0.2, 0) is 14.8 Å². The minimum absolute atomic E-state index is 0.0685. The summed E-state index contributed by atoms with van der Waals surface area (Å²) in [6, 6.07) is 5.99. The number of hydrogen-bond donors (Lipinski definition) is 1. The number of carbonyl (C=O) groups is 1. The lowest BCUT2D eigenvalue weighted by Crippen LogP contribution is -2.42. The lowest BCUT2D eigenvalue weighted by Gasteiger charge is -2.30. The van der Waals surface area contributed by atoms with Crippen LogP contribution >= 0.6 is 0 Å². The van der Waals surface area contributed by atoms with Gasteiger partial charge in [0, 0.05) is 19.0 Å². The molecule has 0 aromatic heterocycles. The minimum atomic E-state index is -3.19. The molecule has 1 heterocycles. The Bertz CT molecular complexity index is 610. The van der Waals surface area contributed by atoms with E-state index in [1.165, 1.54) is 16.4 Å². The van der Waals surface area contributed by atoms with Gasteiger partial charge in [0.1, 0.15) is 5.82 Å². The molecule has 0 unspecified atom stereocenters. The van der Waals surface area contributed by atoms with Crippen LogP contribution in [0.4, 0.5) is 10.1 Å². The molecule has 5 nitrogen and oxygen atoms in total. The molecule has 1 aliphatic heterocycles. The molecule has 0 radical (unpaired) electrons. The van der Waals surface area contributed by atoms with Gasteiger partial charge in [-0.05, 0) is 31.9 Å². The van der Waals surface area contributed by atoms with Crippen LogP contribution in [0.15, 0.2) is 24.3 Å². The molecule has 2 rings (SSSR count). The summed E-state index contributed by atoms with van der Waals surface area (Å²) in [6.45, 7) is 2.28. The van der Waals surface area contributed by atoms with Crippen molar-refractivity contribution in [1.29, 1.82) is 0 Å². The molecular formula is C14H19FN2O3S. The van der Waals surface area contributed by atoms with E-state index in [0.29, 0.717) is 25.9 Å². The van der Waals surface area contributed by atoms with Crippen molar-refractivity contribution in [2.45, 2.75) is 19.8 Å². The number of benzene rings is 1. The van der Waals surface area contributed by atoms with E-state index < -0.39 is 15.8 Å². The highest BCUT2D eigenvalue weighted by molar-refractivity contribution is 7.89. The number of anilines is 1. The van der Waals surface area contributed by atoms with Gasteiger partial charge in [-0.25, -0.2) is 17.1 Å². The monoisotopic (exact) mass is 314 g/mol. The highest BCUT2D eigenvalue weighted by atomic mass is 32.2. The number of amides is 1. The maximum Gasteiger partial charge on any atom is 0.227 e. The first kappa shape index (κ1) is 15.9. The Morgan fingerprint density at radius 1 is 1.33 bits per heavy atom. The number of carbonyl (C=O) groups excluding carboxylic acids is 1. The van der Waals surface area contributed by atoms with Crippen molar-refractivity contribution in [2.24, 2.45) is 5.92 Å². The van der Waals surface area contributed by atoms with Crippen LogP contribution in [-0.4, -0.2) is 37.5 Å². The quantitative estimate of drug-likeness (QED) is 0.922. The van der Waals surface area contributed by atoms with Gasteiger partial charge in [0.05, 0.1) is 11.4 Å². The van der Waals surface area contributed by atoms with Gasteiger partial charge in [0.25, 0.3) is 0 Å². The summed E-state index contributed by atoms with van der Waals surface area (Å²) < 4.78 is 38.4. The van der Waals surface area contributed by atoms with Crippen molar-refractivity contribution < 1.29 is 17.6 Å². The van der Waals surface area contributed by atoms with Gasteiger partial charge >= 0.3 is 0 Å². The van der Waals surface area contributed by atoms with Gasteiger partial charge in [0.15, 0.2) is 0 Å². The number of nitrogens with one attached hydrogen (secondary N) is 1. The average Bonchev–Trinajstić information content (AvgIpc) is 2.49. The third-order valence-electron chi connectivity index (χ3n) is 3.71. The molecule has 21 heavy (non-hydrogen) atoms. The second-order valence-corrected chi connectivity index (χ2v) is 7.30. The maximum atomic E-state index is 13.5. The fourth-order valence-corrected chi connectivity index (χ4v) is 3.51. The number of hydrogen-bond acceptors (Lipinski definition) is 3. The van der Waals surface area contributed by atoms with Crippen LogP contribution in [0.2, 0.25) is 0 Å². The van der Waals surface area contributed by atoms with E-state index in [9.17, 15) is 17.6 Å². The van der Waals surface area contributed by atoms with E-state index in [-0.39, 0.29) is 23.3 Å². The van der Waals surface area contributed by atoms with Crippen molar-refractivity contribution in [3.05, 3.63) is 30.1 Å². The van der Waals surface area contributed by atoms with Crippen LogP contribution in [0.25, 0.3) is 0 Å². The normalized spacial score (nSPS) is 17.6. The highest BCUT2D eigenvalue weighted by Gasteiger charge is 2.30. The van der Waals surface area contributed by atoms with Crippen LogP contribution in [0.3, 0.4) is 0 Å². The summed E-state index contributed by atoms with van der Waals surface area (Å²) in [5.74, 6) is -0.947. The predicted octanol–water partition coefficient (Wildman–Crippen LogP) is 1.83. The van der Waals surface area contributed by atoms with E-state index in [4.69, 9.17) is 0 Å². The van der Waals surface area contributed by atoms with Crippen LogP contribution in [0.1, 0.15) is 19.8 Å². The summed E-state index contributed by atoms with van der Waals surface area (Å²) in [5.41, 5.74) is 0.158. The van der Waals surface area contributed by atoms with Crippen molar-refractivity contribution in [2.75, 3.05) is 24.2 Å². The molecule has 7 heteroatoms. The smallest absolute Gasteiger partial charge is 0.227 e. The number of rotatable bonds is 4. The summed E-state index contributed by atoms with van der Waals surface area (Å²) in [4.78, 5) is 12.1. The minimum Gasteiger partial charge on any atom is -0.323 e. The van der Waals surface area contributed by atoms with E-state index in [1.54, 1.807) is 19.1 Å². The number of sulfonamides is 1. The van der Waals surface area contributed by atoms with E-state index in [0.717, 1.165) is 0 Å². The summed E-state index contributed by atoms with van der Waals surface area (Å²) in [7, 11) is -3.19. The molecule has 1 aliphatic rings. The van der Waals surface area contributed by atoms with Gasteiger partial charge in [0.2, 0.25) is 15.9 Å². The molecule has 116 valence electrons. The van der Waals surface area contributed by atoms with Gasteiger partial charge in [-0.15, -0.1) is 0 Å². The molecule has 1 fully saturated rings. The van der Waals surface area contributed by atoms with Crippen LogP contribution in [0.5, 0.6) is 0 Å². The SMILES string of the molecule is CCS(=O)(=O)N1CCC(C(=O)Nc2ccccc2F)CC1. The number of piperidine rings is 1. The van der Waals surface area contributed by atoms with Crippen molar-refractivity contribution in [3.8, 4) is 0 Å². The molecule has 0 saturated carbocycles. The molecule has 1 N–H and O–H groups in total. The van der Waals surface area contributed by atoms with E-state index in [2.05, 4.69) is 5.32 Å². The summed E-state index contributed by atoms with van der Waals surface area (Å²) >= 11 is 0. The average molecular weight is 314 g/mol. The van der Waals surface area contributed by atoms with Gasteiger partial charge in [-0.2, -0.15) is 0 Å². The zero-order chi connectivity index (χ0) is 15.5. The number of halogens is 1. The van der Waals surface area contributed by atoms with Crippen molar-refractivity contribution in [3.63, 3.8) is 0 Å². The molecule has 1 aromatic rings. The standard InChI is InChI=1S/C14H19FN2O3S/c1-2-21(19,20)17-9-7-11(8-10-17)14(18)16-13-6-4-3-5-12(13)15/h3-6,11H,2,7-10H2,1H3,(H,16,18). The largest absolute Gasteiger partial charge is 0.323 e. The topological polar surface area (TPSA) is 66.5 Å². The Hall–Kier alpha value is -1.47. The van der Waals surface area contributed by atoms with Gasteiger partial charge in [-0.3, -0.25) is 4.79 Å². The predicted molar refractivity (Wildman–Crippen MR) is 78.8 cm³/mol. The third kappa shape index (κ3) is 3.79. The van der Waals surface area contributed by atoms with Crippen LogP contribution in [0, 0.1) is 11.7 Å². The zero-order valence-corrected chi connectivity index (χ0v) is 12.7. The molecule has 1 aromatic carbocycles. The first-order valence-electron chi connectivity index (χ1n) is 6.97. The number of para-hydroxylation sites is 1. The molecule has 0 aliphatic carbocycles. The lowest BCUT2D eigenvalue weighted by atomic mass is 9.97. The summed E-state index contributed by atoms with van der Waals surface area (Å²) in [6.07, 6.45) is 0.916. The molecular weight excluding hydrogens is 295 g/mol. The Balaban J connectivity index is 1.94. The Morgan fingerprint density at radius 2 is 1.95 bits per heavy atom. The first-order valence-corrected chi connectivity index (χ1v) is 8.58. The lowest BCUT2D eigenvalue weighted by molar-refractivity contribution is -0.120. The third-order valence-corrected chi connectivity index (χ3v) is 5.60. The Labute approximate surface area is 124 Å². The zero-order valence-electron chi connectivity index (χ0n) is 11.9. The number of nitrogens with zero attached hydrogens (tertiary/aromatic N) is 1. The maximum absolute atomic E-state index is 13.5. The van der Waals surface area contributed by atoms with Gasteiger partial charge in [-0.1, -0.05) is 12.1 Å². The molecule has 0 bridgehead atoms. The fraction of sp³-hybridized carbons (Fsp3) is 0.500. The van der Waals surface area contributed by atoms with Crippen molar-refractivity contribution in [1.82, 2.24) is 4.31 Å². The Morgan fingerprint density at radius 3 is 2.52 bits per heavy atom. The molecule has 0 atom stereocenters. The molecule has 1 saturated heterocycles. The Kier molecular flexibility index (Phi) is 4.95.